The molecule has 0 aromatic heterocycles. The van der Waals surface area contributed by atoms with Gasteiger partial charge in [-0.1, -0.05) is 74.0 Å². The van der Waals surface area contributed by atoms with Gasteiger partial charge in [0.25, 0.3) is 0 Å². The molecule has 1 amide bonds. The van der Waals surface area contributed by atoms with Gasteiger partial charge in [0, 0.05) is 48.9 Å². The molecule has 1 aliphatic heterocycles. The molecule has 2 aromatic carbocycles. The molecule has 15 heteroatoms. The summed E-state index contributed by atoms with van der Waals surface area (Å²) in [5.74, 6) is 2.34. The molecule has 6 atom stereocenters. The Morgan fingerprint density at radius 2 is 1.70 bits per heavy atom. The van der Waals surface area contributed by atoms with Crippen LogP contribution in [0.4, 0.5) is 14.9 Å². The third kappa shape index (κ3) is 12.9. The number of hydrogen-bond donors (Lipinski definition) is 2. The highest BCUT2D eigenvalue weighted by molar-refractivity contribution is 6.32. The van der Waals surface area contributed by atoms with Gasteiger partial charge in [-0.15, -0.1) is 0 Å². The summed E-state index contributed by atoms with van der Waals surface area (Å²) in [6.45, 7) is 15.5. The highest BCUT2D eigenvalue weighted by atomic mass is 35.5. The topological polar surface area (TPSA) is 154 Å². The molecule has 330 valence electrons. The molecule has 2 aliphatic rings. The van der Waals surface area contributed by atoms with Crippen LogP contribution >= 0.6 is 23.2 Å². The van der Waals surface area contributed by atoms with E-state index >= 15 is 4.39 Å². The number of carbonyl (C=O) groups is 3. The molecule has 4 rings (SSSR count). The van der Waals surface area contributed by atoms with Gasteiger partial charge in [-0.05, 0) is 82.4 Å². The standard InChI is InChI=1S/C46H56Cl2FN3O9/c1-28(61-42(55)58-22-20-45(7,8)59-23-21-44(5,6)57-10)60-41(54)30-15-19-35(36(24-30)56-9)51-40(53)39-38(29-12-11-13-31(47)16-14-29)46(27-50,37(52-39)26-43(2,3)4)33-18-17-32(48)25-34(33)49/h11-13,15,17-19,24-25,28-29,37-39,52H,20-23,26H2,1-10H3,(H,51,53)/t28?,29?,37?,38?,39-,46+/m1/s1. The van der Waals surface area contributed by atoms with E-state index in [9.17, 15) is 19.6 Å². The van der Waals surface area contributed by atoms with Gasteiger partial charge in [-0.2, -0.15) is 5.26 Å². The first-order valence-electron chi connectivity index (χ1n) is 20.0. The maximum atomic E-state index is 16.1. The van der Waals surface area contributed by atoms with Crippen LogP contribution in [-0.2, 0) is 33.9 Å². The second-order valence-corrected chi connectivity index (χ2v) is 18.3. The lowest BCUT2D eigenvalue weighted by atomic mass is 9.61. The van der Waals surface area contributed by atoms with Crippen LogP contribution in [0.15, 0.2) is 59.7 Å². The fourth-order valence-corrected chi connectivity index (χ4v) is 7.58. The number of halogens is 3. The molecule has 0 bridgehead atoms. The van der Waals surface area contributed by atoms with E-state index in [4.69, 9.17) is 51.6 Å². The average molecular weight is 885 g/mol. The molecule has 12 nitrogen and oxygen atoms in total. The summed E-state index contributed by atoms with van der Waals surface area (Å²) in [6, 6.07) is 9.02. The molecule has 1 fully saturated rings. The lowest BCUT2D eigenvalue weighted by Gasteiger charge is -2.38. The summed E-state index contributed by atoms with van der Waals surface area (Å²) in [7, 11) is 3.00. The first-order chi connectivity index (χ1) is 28.5. The minimum Gasteiger partial charge on any atom is -0.495 e. The second kappa shape index (κ2) is 20.5. The Balaban J connectivity index is 1.51. The smallest absolute Gasteiger partial charge is 0.495 e. The molecular weight excluding hydrogens is 828 g/mol. The Hall–Kier alpha value is -4.63. The molecule has 61 heavy (non-hydrogen) atoms. The summed E-state index contributed by atoms with van der Waals surface area (Å²) in [5.41, 5.74) is -2.57. The summed E-state index contributed by atoms with van der Waals surface area (Å²) in [6.07, 6.45) is 4.16. The van der Waals surface area contributed by atoms with Gasteiger partial charge in [0.15, 0.2) is 0 Å². The van der Waals surface area contributed by atoms with Crippen molar-refractivity contribution in [2.45, 2.75) is 110 Å². The molecule has 0 saturated carbocycles. The van der Waals surface area contributed by atoms with Gasteiger partial charge in [0.2, 0.25) is 12.2 Å². The van der Waals surface area contributed by atoms with E-state index in [1.54, 1.807) is 25.3 Å². The number of hydrogen-bond acceptors (Lipinski definition) is 11. The monoisotopic (exact) mass is 883 g/mol. The molecule has 1 saturated heterocycles. The van der Waals surface area contributed by atoms with E-state index in [2.05, 4.69) is 28.5 Å². The largest absolute Gasteiger partial charge is 0.511 e. The van der Waals surface area contributed by atoms with Gasteiger partial charge in [0.1, 0.15) is 17.0 Å². The maximum absolute atomic E-state index is 16.1. The molecule has 2 aromatic rings. The van der Waals surface area contributed by atoms with Crippen molar-refractivity contribution in [1.29, 1.82) is 5.26 Å². The molecule has 1 aliphatic carbocycles. The quantitative estimate of drug-likeness (QED) is 0.0888. The van der Waals surface area contributed by atoms with E-state index in [0.717, 1.165) is 6.07 Å². The number of ether oxygens (including phenoxy) is 6. The van der Waals surface area contributed by atoms with Crippen molar-refractivity contribution in [3.8, 4) is 23.7 Å². The van der Waals surface area contributed by atoms with Crippen molar-refractivity contribution < 1.29 is 47.2 Å². The molecule has 0 spiro atoms. The summed E-state index contributed by atoms with van der Waals surface area (Å²) in [5, 5.41) is 17.9. The minimum absolute atomic E-state index is 0.00471. The zero-order chi connectivity index (χ0) is 45.3. The van der Waals surface area contributed by atoms with Gasteiger partial charge in [-0.3, -0.25) is 4.79 Å². The predicted octanol–water partition coefficient (Wildman–Crippen LogP) is 9.25. The van der Waals surface area contributed by atoms with Crippen LogP contribution in [0.3, 0.4) is 0 Å². The van der Waals surface area contributed by atoms with E-state index in [0.29, 0.717) is 25.9 Å². The Morgan fingerprint density at radius 3 is 2.34 bits per heavy atom. The average Bonchev–Trinajstić information content (AvgIpc) is 3.32. The number of nitriles is 1. The minimum atomic E-state index is -1.61. The van der Waals surface area contributed by atoms with Crippen molar-refractivity contribution in [2.75, 3.05) is 32.8 Å². The fraction of sp³-hybridized carbons (Fsp3) is 0.522. The normalized spacial score (nSPS) is 21.8. The van der Waals surface area contributed by atoms with Gasteiger partial charge < -0.3 is 39.1 Å². The number of anilines is 1. The molecular formula is C46H56Cl2FN3O9. The lowest BCUT2D eigenvalue weighted by molar-refractivity contribution is -0.119. The maximum Gasteiger partial charge on any atom is 0.511 e. The van der Waals surface area contributed by atoms with Crippen LogP contribution in [0, 0.1) is 46.2 Å². The molecule has 0 radical (unpaired) electrons. The number of esters is 1. The Kier molecular flexibility index (Phi) is 16.5. The van der Waals surface area contributed by atoms with Gasteiger partial charge in [-0.25, -0.2) is 14.0 Å². The first kappa shape index (κ1) is 49.0. The number of nitrogens with zero attached hydrogens (tertiary/aromatic N) is 1. The van der Waals surface area contributed by atoms with Crippen LogP contribution < -0.4 is 15.4 Å². The summed E-state index contributed by atoms with van der Waals surface area (Å²) >= 11 is 12.5. The van der Waals surface area contributed by atoms with Gasteiger partial charge in [0.05, 0.1) is 59.9 Å². The van der Waals surface area contributed by atoms with Crippen LogP contribution in [0.2, 0.25) is 5.02 Å². The zero-order valence-corrected chi connectivity index (χ0v) is 37.9. The van der Waals surface area contributed by atoms with Crippen LogP contribution in [0.1, 0.15) is 90.6 Å². The zero-order valence-electron chi connectivity index (χ0n) is 36.4. The highest BCUT2D eigenvalue weighted by Gasteiger charge is 2.61. The number of allylic oxidation sites excluding steroid dienone is 4. The van der Waals surface area contributed by atoms with E-state index in [-0.39, 0.29) is 50.2 Å². The predicted molar refractivity (Wildman–Crippen MR) is 231 cm³/mol. The molecule has 1 heterocycles. The van der Waals surface area contributed by atoms with Crippen LogP contribution in [0.5, 0.6) is 5.75 Å². The third-order valence-corrected chi connectivity index (χ3v) is 11.1. The number of carbonyl (C=O) groups excluding carboxylic acids is 3. The van der Waals surface area contributed by atoms with Crippen LogP contribution in [0.25, 0.3) is 0 Å². The van der Waals surface area contributed by atoms with Crippen molar-refractivity contribution in [3.05, 3.63) is 81.6 Å². The number of benzene rings is 2. The van der Waals surface area contributed by atoms with Crippen molar-refractivity contribution in [2.24, 2.45) is 17.3 Å². The van der Waals surface area contributed by atoms with Gasteiger partial charge >= 0.3 is 12.1 Å². The summed E-state index contributed by atoms with van der Waals surface area (Å²) < 4.78 is 48.7. The lowest BCUT2D eigenvalue weighted by Crippen LogP contribution is -2.47. The summed E-state index contributed by atoms with van der Waals surface area (Å²) in [4.78, 5) is 40.1. The Morgan fingerprint density at radius 1 is 1.00 bits per heavy atom. The van der Waals surface area contributed by atoms with E-state index in [1.807, 2.05) is 48.5 Å². The third-order valence-electron chi connectivity index (χ3n) is 10.7. The van der Waals surface area contributed by atoms with Crippen molar-refractivity contribution in [3.63, 3.8) is 0 Å². The Bertz CT molecular complexity index is 2100. The number of methoxy groups -OCH3 is 2. The second-order valence-electron chi connectivity index (χ2n) is 17.5. The number of amides is 1. The van der Waals surface area contributed by atoms with Crippen LogP contribution in [-0.4, -0.2) is 75.0 Å². The highest BCUT2D eigenvalue weighted by Crippen LogP contribution is 2.51. The van der Waals surface area contributed by atoms with Crippen molar-refractivity contribution >= 4 is 46.9 Å². The molecule has 2 N–H and O–H groups in total. The molecule has 4 unspecified atom stereocenters. The Labute approximate surface area is 368 Å². The SMILES string of the molecule is COc1cc(C(=O)OC(C)OC(=O)OCCC(C)(C)OCCC(C)(C)OC)ccc1NC(=O)[C@@H]1NC(CC(C)(C)C)[C@](C#N)(c2ccc(Cl)cc2F)C1C1C#CC(Cl)=CC=C1. The fourth-order valence-electron chi connectivity index (χ4n) is 7.30. The van der Waals surface area contributed by atoms with E-state index < -0.39 is 65.1 Å². The van der Waals surface area contributed by atoms with E-state index in [1.165, 1.54) is 44.4 Å². The number of rotatable bonds is 17. The first-order valence-corrected chi connectivity index (χ1v) is 20.7. The van der Waals surface area contributed by atoms with Crippen molar-refractivity contribution in [1.82, 2.24) is 5.32 Å². The number of nitrogens with one attached hydrogen (secondary N) is 2.